The van der Waals surface area contributed by atoms with Crippen molar-refractivity contribution in [2.75, 3.05) is 26.4 Å². The summed E-state index contributed by atoms with van der Waals surface area (Å²) in [5.74, 6) is 0.762. The lowest BCUT2D eigenvalue weighted by atomic mass is 9.96. The summed E-state index contributed by atoms with van der Waals surface area (Å²) in [6.07, 6.45) is 1.25. The van der Waals surface area contributed by atoms with Crippen molar-refractivity contribution in [3.8, 4) is 22.6 Å². The van der Waals surface area contributed by atoms with Gasteiger partial charge in [0, 0.05) is 23.7 Å². The highest BCUT2D eigenvalue weighted by atomic mass is 35.5. The molecule has 0 amide bonds. The second-order valence-electron chi connectivity index (χ2n) is 8.93. The van der Waals surface area contributed by atoms with Gasteiger partial charge >= 0.3 is 0 Å². The minimum absolute atomic E-state index is 0.204. The number of ether oxygens (including phenoxy) is 2. The van der Waals surface area contributed by atoms with Gasteiger partial charge in [0.25, 0.3) is 0 Å². The number of rotatable bonds is 11. The normalized spacial score (nSPS) is 15.1. The van der Waals surface area contributed by atoms with Crippen LogP contribution in [0.15, 0.2) is 54.6 Å². The maximum atomic E-state index is 14.5. The third-order valence-electron chi connectivity index (χ3n) is 6.63. The van der Waals surface area contributed by atoms with Gasteiger partial charge in [0.15, 0.2) is 0 Å². The quantitative estimate of drug-likeness (QED) is 0.302. The highest BCUT2D eigenvalue weighted by molar-refractivity contribution is 6.32. The first kappa shape index (κ1) is 26.4. The number of aliphatic hydroxyl groups is 3. The van der Waals surface area contributed by atoms with Crippen LogP contribution in [0.4, 0.5) is 4.39 Å². The second-order valence-corrected chi connectivity index (χ2v) is 9.34. The van der Waals surface area contributed by atoms with E-state index < -0.39 is 25.4 Å². The molecule has 4 rings (SSSR count). The molecule has 0 spiro atoms. The summed E-state index contributed by atoms with van der Waals surface area (Å²) >= 11 is 6.60. The van der Waals surface area contributed by atoms with Crippen molar-refractivity contribution in [3.05, 3.63) is 82.1 Å². The van der Waals surface area contributed by atoms with Crippen LogP contribution in [0, 0.1) is 5.82 Å². The molecule has 0 bridgehead atoms. The average molecular weight is 516 g/mol. The molecule has 1 aliphatic carbocycles. The molecular weight excluding hydrogens is 485 g/mol. The van der Waals surface area contributed by atoms with Gasteiger partial charge in [-0.3, -0.25) is 0 Å². The van der Waals surface area contributed by atoms with Crippen LogP contribution in [0.1, 0.15) is 36.1 Å². The van der Waals surface area contributed by atoms with Crippen LogP contribution in [0.3, 0.4) is 0 Å². The number of nitrogens with one attached hydrogen (secondary N) is 1. The fourth-order valence-corrected chi connectivity index (χ4v) is 4.75. The van der Waals surface area contributed by atoms with Crippen molar-refractivity contribution in [1.82, 2.24) is 5.32 Å². The standard InChI is InChI=1S/C28H31ClFNO5/c1-2-35-26-13-27(23(29)12-18(26)14-31-28(15-32,16-33)17-34)36-25-11-10-20-19(7-5-8-22(20)25)21-6-3-4-9-24(21)30/h3-9,12-13,25,31-34H,2,10-11,14-17H2,1H3/t25-/m0/s1. The third kappa shape index (κ3) is 5.36. The maximum Gasteiger partial charge on any atom is 0.142 e. The summed E-state index contributed by atoms with van der Waals surface area (Å²) in [7, 11) is 0. The first-order valence-corrected chi connectivity index (χ1v) is 12.4. The van der Waals surface area contributed by atoms with E-state index in [9.17, 15) is 19.7 Å². The molecule has 192 valence electrons. The van der Waals surface area contributed by atoms with Crippen LogP contribution in [0.5, 0.6) is 11.5 Å². The van der Waals surface area contributed by atoms with Crippen molar-refractivity contribution in [3.63, 3.8) is 0 Å². The molecule has 0 radical (unpaired) electrons. The first-order chi connectivity index (χ1) is 17.4. The molecule has 0 fully saturated rings. The highest BCUT2D eigenvalue weighted by Gasteiger charge is 2.30. The molecular formula is C28H31ClFNO5. The van der Waals surface area contributed by atoms with Gasteiger partial charge in [-0.1, -0.05) is 48.0 Å². The van der Waals surface area contributed by atoms with Crippen LogP contribution in [0.2, 0.25) is 5.02 Å². The number of hydrogen-bond acceptors (Lipinski definition) is 6. The van der Waals surface area contributed by atoms with E-state index in [4.69, 9.17) is 21.1 Å². The molecule has 0 aromatic heterocycles. The molecule has 6 nitrogen and oxygen atoms in total. The van der Waals surface area contributed by atoms with E-state index >= 15 is 0 Å². The van der Waals surface area contributed by atoms with Gasteiger partial charge in [0.05, 0.1) is 37.0 Å². The Bertz CT molecular complexity index is 1190. The molecule has 36 heavy (non-hydrogen) atoms. The number of benzene rings is 3. The zero-order chi connectivity index (χ0) is 25.7. The van der Waals surface area contributed by atoms with Crippen molar-refractivity contribution in [2.45, 2.75) is 38.0 Å². The van der Waals surface area contributed by atoms with Crippen LogP contribution in [-0.2, 0) is 13.0 Å². The Labute approximate surface area is 215 Å². The van der Waals surface area contributed by atoms with Crippen molar-refractivity contribution >= 4 is 11.6 Å². The van der Waals surface area contributed by atoms with Gasteiger partial charge in [-0.25, -0.2) is 4.39 Å². The Morgan fingerprint density at radius 2 is 1.72 bits per heavy atom. The van der Waals surface area contributed by atoms with Crippen LogP contribution >= 0.6 is 11.6 Å². The van der Waals surface area contributed by atoms with Crippen LogP contribution in [-0.4, -0.2) is 47.3 Å². The van der Waals surface area contributed by atoms with E-state index in [1.165, 1.54) is 6.07 Å². The van der Waals surface area contributed by atoms with E-state index in [0.29, 0.717) is 34.3 Å². The fraction of sp³-hybridized carbons (Fsp3) is 0.357. The maximum absolute atomic E-state index is 14.5. The fourth-order valence-electron chi connectivity index (χ4n) is 4.52. The molecule has 3 aromatic rings. The molecule has 3 aromatic carbocycles. The summed E-state index contributed by atoms with van der Waals surface area (Å²) in [4.78, 5) is 0. The number of halogens is 2. The van der Waals surface area contributed by atoms with Gasteiger partial charge in [-0.05, 0) is 48.6 Å². The minimum atomic E-state index is -1.23. The Morgan fingerprint density at radius 1 is 1.00 bits per heavy atom. The van der Waals surface area contributed by atoms with Gasteiger partial charge in [0.2, 0.25) is 0 Å². The smallest absolute Gasteiger partial charge is 0.142 e. The lowest BCUT2D eigenvalue weighted by Crippen LogP contribution is -2.54. The topological polar surface area (TPSA) is 91.2 Å². The van der Waals surface area contributed by atoms with Crippen LogP contribution in [0.25, 0.3) is 11.1 Å². The second kappa shape index (κ2) is 11.6. The Morgan fingerprint density at radius 3 is 2.42 bits per heavy atom. The molecule has 1 atom stereocenters. The highest BCUT2D eigenvalue weighted by Crippen LogP contribution is 2.43. The number of aliphatic hydroxyl groups excluding tert-OH is 3. The summed E-state index contributed by atoms with van der Waals surface area (Å²) in [5.41, 5.74) is 3.00. The SMILES string of the molecule is CCOc1cc(O[C@H]2CCc3c(-c4ccccc4F)cccc32)c(Cl)cc1CNC(CO)(CO)CO. The number of fused-ring (bicyclic) bond motifs is 1. The van der Waals surface area contributed by atoms with E-state index in [-0.39, 0.29) is 18.5 Å². The lowest BCUT2D eigenvalue weighted by Gasteiger charge is -2.29. The van der Waals surface area contributed by atoms with Gasteiger partial charge in [0.1, 0.15) is 23.4 Å². The average Bonchev–Trinajstić information content (AvgIpc) is 3.31. The van der Waals surface area contributed by atoms with E-state index in [1.54, 1.807) is 24.3 Å². The monoisotopic (exact) mass is 515 g/mol. The zero-order valence-corrected chi connectivity index (χ0v) is 20.9. The molecule has 4 N–H and O–H groups in total. The predicted molar refractivity (Wildman–Crippen MR) is 137 cm³/mol. The Balaban J connectivity index is 1.59. The van der Waals surface area contributed by atoms with E-state index in [2.05, 4.69) is 5.32 Å². The molecule has 0 heterocycles. The largest absolute Gasteiger partial charge is 0.493 e. The summed E-state index contributed by atoms with van der Waals surface area (Å²) < 4.78 is 26.7. The molecule has 8 heteroatoms. The molecule has 0 unspecified atom stereocenters. The number of hydrogen-bond donors (Lipinski definition) is 4. The summed E-state index contributed by atoms with van der Waals surface area (Å²) in [6, 6.07) is 16.1. The predicted octanol–water partition coefficient (Wildman–Crippen LogP) is 4.42. The summed E-state index contributed by atoms with van der Waals surface area (Å²) in [5, 5.41) is 32.2. The van der Waals surface area contributed by atoms with Crippen molar-refractivity contribution in [1.29, 1.82) is 0 Å². The first-order valence-electron chi connectivity index (χ1n) is 12.0. The van der Waals surface area contributed by atoms with Gasteiger partial charge in [-0.2, -0.15) is 0 Å². The van der Waals surface area contributed by atoms with Crippen LogP contribution < -0.4 is 14.8 Å². The van der Waals surface area contributed by atoms with Crippen molar-refractivity contribution in [2.24, 2.45) is 0 Å². The lowest BCUT2D eigenvalue weighted by molar-refractivity contribution is 0.0412. The van der Waals surface area contributed by atoms with Gasteiger partial charge < -0.3 is 30.1 Å². The molecule has 0 saturated heterocycles. The zero-order valence-electron chi connectivity index (χ0n) is 20.1. The van der Waals surface area contributed by atoms with E-state index in [0.717, 1.165) is 29.5 Å². The van der Waals surface area contributed by atoms with Crippen molar-refractivity contribution < 1.29 is 29.2 Å². The molecule has 0 saturated carbocycles. The van der Waals surface area contributed by atoms with E-state index in [1.807, 2.05) is 31.2 Å². The Hall–Kier alpha value is -2.68. The summed E-state index contributed by atoms with van der Waals surface area (Å²) in [6.45, 7) is 1.18. The Kier molecular flexibility index (Phi) is 8.49. The minimum Gasteiger partial charge on any atom is -0.493 e. The molecule has 0 aliphatic heterocycles. The molecule has 1 aliphatic rings. The van der Waals surface area contributed by atoms with Gasteiger partial charge in [-0.15, -0.1) is 0 Å². The third-order valence-corrected chi connectivity index (χ3v) is 6.92.